The summed E-state index contributed by atoms with van der Waals surface area (Å²) in [6.07, 6.45) is 3.84. The summed E-state index contributed by atoms with van der Waals surface area (Å²) in [6, 6.07) is 1.36. The quantitative estimate of drug-likeness (QED) is 0.706. The van der Waals surface area contributed by atoms with Gasteiger partial charge in [0.25, 0.3) is 10.0 Å². The van der Waals surface area contributed by atoms with Gasteiger partial charge in [0.1, 0.15) is 8.42 Å². The first-order valence-corrected chi connectivity index (χ1v) is 12.3. The molecule has 8 nitrogen and oxygen atoms in total. The maximum atomic E-state index is 13.2. The summed E-state index contributed by atoms with van der Waals surface area (Å²) < 4.78 is 56.4. The molecule has 0 radical (unpaired) electrons. The second-order valence-corrected chi connectivity index (χ2v) is 11.8. The molecular formula is C15H22ClN3O5S3. The van der Waals surface area contributed by atoms with Crippen LogP contribution in [0.4, 0.5) is 0 Å². The lowest BCUT2D eigenvalue weighted by Crippen LogP contribution is -2.43. The molecule has 1 aliphatic carbocycles. The number of nitrogens with zero attached hydrogens (tertiary/aromatic N) is 2. The van der Waals surface area contributed by atoms with Gasteiger partial charge in [0.2, 0.25) is 10.0 Å². The van der Waals surface area contributed by atoms with Gasteiger partial charge in [-0.25, -0.2) is 22.0 Å². The van der Waals surface area contributed by atoms with E-state index in [0.717, 1.165) is 37.3 Å². The molecule has 0 unspecified atom stereocenters. The Balaban J connectivity index is 0.00000210. The first kappa shape index (κ1) is 21.0. The van der Waals surface area contributed by atoms with Crippen LogP contribution >= 0.6 is 23.7 Å². The Labute approximate surface area is 169 Å². The number of fused-ring (bicyclic) bond motifs is 1. The maximum absolute atomic E-state index is 13.2. The number of halogens is 1. The molecule has 1 aromatic heterocycles. The predicted molar refractivity (Wildman–Crippen MR) is 105 cm³/mol. The first-order valence-electron chi connectivity index (χ1n) is 8.45. The van der Waals surface area contributed by atoms with E-state index < -0.39 is 20.0 Å². The molecule has 2 N–H and O–H groups in total. The number of hydrogen-bond donors (Lipinski definition) is 1. The maximum Gasteiger partial charge on any atom is 0.274 e. The van der Waals surface area contributed by atoms with Gasteiger partial charge >= 0.3 is 0 Å². The lowest BCUT2D eigenvalue weighted by atomic mass is 10.2. The van der Waals surface area contributed by atoms with Gasteiger partial charge in [-0.1, -0.05) is 0 Å². The van der Waals surface area contributed by atoms with Crippen LogP contribution in [-0.4, -0.2) is 65.4 Å². The molecule has 1 aromatic rings. The monoisotopic (exact) mass is 455 g/mol. The van der Waals surface area contributed by atoms with Gasteiger partial charge in [0, 0.05) is 37.4 Å². The number of ether oxygens (including phenoxy) is 1. The average Bonchev–Trinajstić information content (AvgIpc) is 3.27. The van der Waals surface area contributed by atoms with E-state index in [-0.39, 0.29) is 20.8 Å². The van der Waals surface area contributed by atoms with Crippen molar-refractivity contribution in [1.29, 1.82) is 0 Å². The molecule has 0 amide bonds. The topological polar surface area (TPSA) is 110 Å². The molecule has 0 bridgehead atoms. The van der Waals surface area contributed by atoms with Crippen molar-refractivity contribution in [3.63, 3.8) is 0 Å². The fourth-order valence-corrected chi connectivity index (χ4v) is 7.35. The Kier molecular flexibility index (Phi) is 5.93. The Morgan fingerprint density at radius 1 is 1.26 bits per heavy atom. The average molecular weight is 456 g/mol. The summed E-state index contributed by atoms with van der Waals surface area (Å²) in [5, 5.41) is 5.20. The van der Waals surface area contributed by atoms with Crippen molar-refractivity contribution in [2.75, 3.05) is 39.4 Å². The van der Waals surface area contributed by atoms with E-state index in [4.69, 9.17) is 9.88 Å². The minimum atomic E-state index is -3.94. The van der Waals surface area contributed by atoms with Crippen LogP contribution in [0.2, 0.25) is 0 Å². The van der Waals surface area contributed by atoms with E-state index in [1.54, 1.807) is 6.08 Å². The third-order valence-corrected chi connectivity index (χ3v) is 9.68. The highest BCUT2D eigenvalue weighted by Crippen LogP contribution is 2.41. The van der Waals surface area contributed by atoms with E-state index in [1.807, 2.05) is 0 Å². The van der Waals surface area contributed by atoms with Crippen molar-refractivity contribution in [3.05, 3.63) is 17.3 Å². The van der Waals surface area contributed by atoms with Crippen LogP contribution in [-0.2, 0) is 24.8 Å². The van der Waals surface area contributed by atoms with Crippen LogP contribution in [0.25, 0.3) is 6.08 Å². The molecule has 0 spiro atoms. The van der Waals surface area contributed by atoms with E-state index in [2.05, 4.69) is 4.90 Å². The number of thiophene rings is 1. The highest BCUT2D eigenvalue weighted by Gasteiger charge is 2.39. The molecular weight excluding hydrogens is 434 g/mol. The van der Waals surface area contributed by atoms with Crippen LogP contribution in [0.5, 0.6) is 0 Å². The summed E-state index contributed by atoms with van der Waals surface area (Å²) in [6.45, 7) is 3.68. The minimum Gasteiger partial charge on any atom is -0.379 e. The molecule has 2 fully saturated rings. The normalized spacial score (nSPS) is 22.7. The number of morpholine rings is 1. The third kappa shape index (κ3) is 4.34. The third-order valence-electron chi connectivity index (χ3n) is 4.76. The molecule has 1 saturated carbocycles. The second-order valence-electron chi connectivity index (χ2n) is 6.86. The molecule has 0 atom stereocenters. The molecule has 3 aliphatic rings. The zero-order valence-electron chi connectivity index (χ0n) is 14.5. The van der Waals surface area contributed by atoms with E-state index in [0.29, 0.717) is 43.5 Å². The van der Waals surface area contributed by atoms with Crippen LogP contribution < -0.4 is 5.14 Å². The Hall–Kier alpha value is -0.690. The standard InChI is InChI=1S/C15H21N3O5S3.ClH/c16-25(19,20)14-8-12-7-13(10-17-3-5-23-6-4-17)18(9-11-1-2-11)26(21,22)15(12)24-14;/h7-8,11H,1-6,9-10H2,(H2,16,19,20);1H. The van der Waals surface area contributed by atoms with Crippen molar-refractivity contribution in [2.45, 2.75) is 21.3 Å². The molecule has 1 saturated heterocycles. The van der Waals surface area contributed by atoms with Crippen LogP contribution in [0, 0.1) is 5.92 Å². The number of hydrogen-bond acceptors (Lipinski definition) is 7. The summed E-state index contributed by atoms with van der Waals surface area (Å²) in [7, 11) is -7.71. The van der Waals surface area contributed by atoms with Crippen molar-refractivity contribution < 1.29 is 21.6 Å². The van der Waals surface area contributed by atoms with Gasteiger partial charge in [0.15, 0.2) is 0 Å². The largest absolute Gasteiger partial charge is 0.379 e. The molecule has 3 heterocycles. The van der Waals surface area contributed by atoms with Crippen molar-refractivity contribution in [1.82, 2.24) is 9.21 Å². The van der Waals surface area contributed by atoms with E-state index in [9.17, 15) is 16.8 Å². The molecule has 2 aliphatic heterocycles. The summed E-state index contributed by atoms with van der Waals surface area (Å²) in [5.41, 5.74) is 1.10. The van der Waals surface area contributed by atoms with Crippen molar-refractivity contribution in [2.24, 2.45) is 11.1 Å². The summed E-state index contributed by atoms with van der Waals surface area (Å²) >= 11 is 0.728. The number of nitrogens with two attached hydrogens (primary N) is 1. The summed E-state index contributed by atoms with van der Waals surface area (Å²) in [4.78, 5) is 2.16. The van der Waals surface area contributed by atoms with Gasteiger partial charge in [-0.2, -0.15) is 0 Å². The van der Waals surface area contributed by atoms with Crippen molar-refractivity contribution in [3.8, 4) is 0 Å². The Bertz CT molecular complexity index is 947. The molecule has 27 heavy (non-hydrogen) atoms. The van der Waals surface area contributed by atoms with Crippen molar-refractivity contribution >= 4 is 49.9 Å². The fourth-order valence-electron chi connectivity index (χ4n) is 3.18. The predicted octanol–water partition coefficient (Wildman–Crippen LogP) is 0.905. The SMILES string of the molecule is Cl.NS(=O)(=O)c1cc2c(s1)S(=O)(=O)N(CC1CC1)C(CN1CCOCC1)=C2. The zero-order chi connectivity index (χ0) is 18.5. The van der Waals surface area contributed by atoms with Gasteiger partial charge in [-0.05, 0) is 30.9 Å². The highest BCUT2D eigenvalue weighted by atomic mass is 35.5. The Morgan fingerprint density at radius 3 is 2.52 bits per heavy atom. The van der Waals surface area contributed by atoms with Gasteiger partial charge in [-0.3, -0.25) is 9.21 Å². The highest BCUT2D eigenvalue weighted by molar-refractivity contribution is 7.94. The van der Waals surface area contributed by atoms with Gasteiger partial charge < -0.3 is 4.74 Å². The zero-order valence-corrected chi connectivity index (χ0v) is 17.8. The number of rotatable bonds is 5. The number of sulfonamides is 2. The number of primary sulfonamides is 1. The Morgan fingerprint density at radius 2 is 1.93 bits per heavy atom. The molecule has 152 valence electrons. The van der Waals surface area contributed by atoms with E-state index in [1.165, 1.54) is 10.4 Å². The van der Waals surface area contributed by atoms with Crippen LogP contribution in [0.3, 0.4) is 0 Å². The van der Waals surface area contributed by atoms with Gasteiger partial charge in [-0.15, -0.1) is 23.7 Å². The van der Waals surface area contributed by atoms with E-state index >= 15 is 0 Å². The molecule has 4 rings (SSSR count). The minimum absolute atomic E-state index is 0. The lowest BCUT2D eigenvalue weighted by molar-refractivity contribution is 0.0406. The van der Waals surface area contributed by atoms with Crippen LogP contribution in [0.1, 0.15) is 18.4 Å². The van der Waals surface area contributed by atoms with Crippen LogP contribution in [0.15, 0.2) is 20.2 Å². The first-order chi connectivity index (χ1) is 12.2. The fraction of sp³-hybridized carbons (Fsp3) is 0.600. The molecule has 12 heteroatoms. The second kappa shape index (κ2) is 7.62. The molecule has 0 aromatic carbocycles. The summed E-state index contributed by atoms with van der Waals surface area (Å²) in [5.74, 6) is 0.372. The van der Waals surface area contributed by atoms with Gasteiger partial charge in [0.05, 0.1) is 13.2 Å². The smallest absolute Gasteiger partial charge is 0.274 e. The lowest BCUT2D eigenvalue weighted by Gasteiger charge is -2.34.